The zero-order valence-electron chi connectivity index (χ0n) is 22.9. The van der Waals surface area contributed by atoms with Crippen molar-refractivity contribution >= 4 is 40.0 Å². The SMILES string of the molecule is COc1cc2c(Oc3ccc(N(Cc4ccccc4Cl)C(=O)C(N)=O)cc3F)ccnc2cc1OCC1CCNCC1. The van der Waals surface area contributed by atoms with Crippen LogP contribution >= 0.6 is 11.6 Å². The molecular weight excluding hydrogens is 563 g/mol. The number of halogens is 2. The number of anilines is 1. The number of ether oxygens (including phenoxy) is 3. The number of carbonyl (C=O) groups is 2. The molecule has 0 atom stereocenters. The summed E-state index contributed by atoms with van der Waals surface area (Å²) in [7, 11) is 1.55. The minimum atomic E-state index is -1.18. The maximum absolute atomic E-state index is 15.4. The highest BCUT2D eigenvalue weighted by Gasteiger charge is 2.24. The van der Waals surface area contributed by atoms with Gasteiger partial charge in [0, 0.05) is 34.4 Å². The van der Waals surface area contributed by atoms with E-state index in [1.165, 1.54) is 12.1 Å². The van der Waals surface area contributed by atoms with Crippen LogP contribution in [0.25, 0.3) is 10.9 Å². The molecule has 1 saturated heterocycles. The van der Waals surface area contributed by atoms with E-state index in [9.17, 15) is 9.59 Å². The Kier molecular flexibility index (Phi) is 9.04. The predicted octanol–water partition coefficient (Wildman–Crippen LogP) is 5.23. The predicted molar refractivity (Wildman–Crippen MR) is 158 cm³/mol. The second-order valence-corrected chi connectivity index (χ2v) is 10.3. The number of aromatic nitrogens is 1. The number of benzene rings is 3. The first-order valence-electron chi connectivity index (χ1n) is 13.5. The molecule has 0 spiro atoms. The van der Waals surface area contributed by atoms with Crippen LogP contribution in [0.4, 0.5) is 10.1 Å². The van der Waals surface area contributed by atoms with E-state index >= 15 is 4.39 Å². The van der Waals surface area contributed by atoms with Gasteiger partial charge in [0.2, 0.25) is 0 Å². The smallest absolute Gasteiger partial charge is 0.316 e. The zero-order chi connectivity index (χ0) is 29.6. The number of rotatable bonds is 9. The van der Waals surface area contributed by atoms with E-state index in [1.807, 2.05) is 0 Å². The summed E-state index contributed by atoms with van der Waals surface area (Å²) in [4.78, 5) is 29.9. The lowest BCUT2D eigenvalue weighted by molar-refractivity contribution is -0.135. The quantitative estimate of drug-likeness (QED) is 0.256. The van der Waals surface area contributed by atoms with Crippen molar-refractivity contribution in [1.29, 1.82) is 0 Å². The van der Waals surface area contributed by atoms with Crippen molar-refractivity contribution < 1.29 is 28.2 Å². The third-order valence-corrected chi connectivity index (χ3v) is 7.48. The number of hydrogen-bond donors (Lipinski definition) is 2. The zero-order valence-corrected chi connectivity index (χ0v) is 23.7. The monoisotopic (exact) mass is 592 g/mol. The van der Waals surface area contributed by atoms with Gasteiger partial charge in [0.1, 0.15) is 5.75 Å². The number of nitrogens with zero attached hydrogens (tertiary/aromatic N) is 2. The standard InChI is InChI=1S/C31H30ClFN4O5/c1-40-28-15-22-25(16-29(28)41-18-19-8-11-35-12-9-19)36-13-10-26(22)42-27-7-6-21(14-24(27)33)37(31(39)30(34)38)17-20-4-2-3-5-23(20)32/h2-7,10,13-16,19,35H,8-9,11-12,17-18H2,1H3,(H2,34,38). The second-order valence-electron chi connectivity index (χ2n) is 9.90. The van der Waals surface area contributed by atoms with Gasteiger partial charge in [0.15, 0.2) is 23.1 Å². The number of nitrogens with two attached hydrogens (primary N) is 1. The highest BCUT2D eigenvalue weighted by atomic mass is 35.5. The lowest BCUT2D eigenvalue weighted by Gasteiger charge is -2.23. The largest absolute Gasteiger partial charge is 0.493 e. The molecule has 0 unspecified atom stereocenters. The van der Waals surface area contributed by atoms with Crippen molar-refractivity contribution in [3.8, 4) is 23.0 Å². The molecule has 0 radical (unpaired) electrons. The summed E-state index contributed by atoms with van der Waals surface area (Å²) < 4.78 is 33.0. The molecule has 1 fully saturated rings. The average molecular weight is 593 g/mol. The van der Waals surface area contributed by atoms with Crippen LogP contribution in [-0.2, 0) is 16.1 Å². The number of pyridine rings is 1. The molecule has 1 aliphatic heterocycles. The Morgan fingerprint density at radius 1 is 1.05 bits per heavy atom. The van der Waals surface area contributed by atoms with E-state index in [2.05, 4.69) is 10.3 Å². The van der Waals surface area contributed by atoms with Gasteiger partial charge in [-0.1, -0.05) is 29.8 Å². The van der Waals surface area contributed by atoms with Crippen LogP contribution in [-0.4, -0.2) is 43.6 Å². The van der Waals surface area contributed by atoms with Gasteiger partial charge in [-0.25, -0.2) is 4.39 Å². The number of methoxy groups -OCH3 is 1. The van der Waals surface area contributed by atoms with Gasteiger partial charge in [0.25, 0.3) is 0 Å². The van der Waals surface area contributed by atoms with E-state index in [0.29, 0.717) is 51.3 Å². The van der Waals surface area contributed by atoms with Crippen molar-refractivity contribution in [1.82, 2.24) is 10.3 Å². The molecule has 9 nitrogen and oxygen atoms in total. The molecule has 0 bridgehead atoms. The van der Waals surface area contributed by atoms with Gasteiger partial charge in [-0.05, 0) is 67.7 Å². The molecule has 0 saturated carbocycles. The van der Waals surface area contributed by atoms with Crippen molar-refractivity contribution in [2.24, 2.45) is 11.7 Å². The number of piperidine rings is 1. The highest BCUT2D eigenvalue weighted by Crippen LogP contribution is 2.38. The van der Waals surface area contributed by atoms with Gasteiger partial charge in [0.05, 0.1) is 25.8 Å². The Hall–Kier alpha value is -4.41. The minimum Gasteiger partial charge on any atom is -0.493 e. The van der Waals surface area contributed by atoms with E-state index < -0.39 is 17.6 Å². The van der Waals surface area contributed by atoms with E-state index in [0.717, 1.165) is 36.9 Å². The molecular formula is C31H30ClFN4O5. The van der Waals surface area contributed by atoms with Gasteiger partial charge >= 0.3 is 11.8 Å². The first kappa shape index (κ1) is 29.1. The molecule has 5 rings (SSSR count). The maximum Gasteiger partial charge on any atom is 0.316 e. The van der Waals surface area contributed by atoms with E-state index in [1.54, 1.807) is 55.8 Å². The van der Waals surface area contributed by atoms with Crippen LogP contribution in [0, 0.1) is 11.7 Å². The fourth-order valence-electron chi connectivity index (χ4n) is 4.81. The summed E-state index contributed by atoms with van der Waals surface area (Å²) in [5.74, 6) is -1.16. The average Bonchev–Trinajstić information content (AvgIpc) is 3.00. The van der Waals surface area contributed by atoms with Crippen molar-refractivity contribution in [2.45, 2.75) is 19.4 Å². The number of primary amides is 1. The third kappa shape index (κ3) is 6.56. The number of carbonyl (C=O) groups excluding carboxylic acids is 2. The fraction of sp³-hybridized carbons (Fsp3) is 0.258. The summed E-state index contributed by atoms with van der Waals surface area (Å²) in [6, 6.07) is 15.9. The molecule has 3 N–H and O–H groups in total. The van der Waals surface area contributed by atoms with Crippen molar-refractivity contribution in [3.63, 3.8) is 0 Å². The molecule has 2 amide bonds. The van der Waals surface area contributed by atoms with Crippen LogP contribution in [0.5, 0.6) is 23.0 Å². The summed E-state index contributed by atoms with van der Waals surface area (Å²) in [6.45, 7) is 2.44. The van der Waals surface area contributed by atoms with Gasteiger partial charge in [-0.15, -0.1) is 0 Å². The molecule has 42 heavy (non-hydrogen) atoms. The van der Waals surface area contributed by atoms with Crippen LogP contribution in [0.2, 0.25) is 5.02 Å². The normalized spacial score (nSPS) is 13.5. The van der Waals surface area contributed by atoms with Gasteiger partial charge in [-0.2, -0.15) is 0 Å². The van der Waals surface area contributed by atoms with E-state index in [4.69, 9.17) is 31.5 Å². The first-order valence-corrected chi connectivity index (χ1v) is 13.8. The van der Waals surface area contributed by atoms with E-state index in [-0.39, 0.29) is 18.0 Å². The number of fused-ring (bicyclic) bond motifs is 1. The maximum atomic E-state index is 15.4. The summed E-state index contributed by atoms with van der Waals surface area (Å²) >= 11 is 6.25. The Labute approximate surface area is 247 Å². The molecule has 1 aliphatic rings. The van der Waals surface area contributed by atoms with Crippen LogP contribution < -0.4 is 30.2 Å². The van der Waals surface area contributed by atoms with Gasteiger partial charge in [-0.3, -0.25) is 19.5 Å². The first-order chi connectivity index (χ1) is 20.3. The Morgan fingerprint density at radius 2 is 1.83 bits per heavy atom. The van der Waals surface area contributed by atoms with Crippen LogP contribution in [0.3, 0.4) is 0 Å². The third-order valence-electron chi connectivity index (χ3n) is 7.11. The van der Waals surface area contributed by atoms with Crippen LogP contribution in [0.15, 0.2) is 66.9 Å². The lowest BCUT2D eigenvalue weighted by Crippen LogP contribution is -2.40. The number of hydrogen-bond acceptors (Lipinski definition) is 7. The molecule has 1 aromatic heterocycles. The molecule has 2 heterocycles. The topological polar surface area (TPSA) is 116 Å². The highest BCUT2D eigenvalue weighted by molar-refractivity contribution is 6.39. The minimum absolute atomic E-state index is 0.0854. The number of amides is 2. The summed E-state index contributed by atoms with van der Waals surface area (Å²) in [5, 5.41) is 4.33. The van der Waals surface area contributed by atoms with Gasteiger partial charge < -0.3 is 25.3 Å². The Balaban J connectivity index is 1.40. The van der Waals surface area contributed by atoms with Crippen LogP contribution in [0.1, 0.15) is 18.4 Å². The molecule has 0 aliphatic carbocycles. The second kappa shape index (κ2) is 13.1. The molecule has 11 heteroatoms. The Morgan fingerprint density at radius 3 is 2.55 bits per heavy atom. The summed E-state index contributed by atoms with van der Waals surface area (Å²) in [6.07, 6.45) is 3.65. The molecule has 218 valence electrons. The number of nitrogens with one attached hydrogen (secondary N) is 1. The van der Waals surface area contributed by atoms with Crippen molar-refractivity contribution in [2.75, 3.05) is 31.7 Å². The molecule has 4 aromatic rings. The lowest BCUT2D eigenvalue weighted by atomic mass is 9.99. The van der Waals surface area contributed by atoms with Crippen molar-refractivity contribution in [3.05, 3.63) is 83.3 Å². The fourth-order valence-corrected chi connectivity index (χ4v) is 5.01. The summed E-state index contributed by atoms with van der Waals surface area (Å²) in [5.41, 5.74) is 6.53. The molecule has 3 aromatic carbocycles. The Bertz CT molecular complexity index is 1610.